The number of halogens is 4. The lowest BCUT2D eigenvalue weighted by molar-refractivity contribution is 0.398. The highest BCUT2D eigenvalue weighted by atomic mass is 19.2. The van der Waals surface area contributed by atoms with Gasteiger partial charge in [-0.15, -0.1) is 0 Å². The first-order valence-corrected chi connectivity index (χ1v) is 4.84. The molecule has 8 heteroatoms. The van der Waals surface area contributed by atoms with Crippen molar-refractivity contribution in [1.82, 2.24) is 0 Å². The average Bonchev–Trinajstić information content (AvgIpc) is 2.32. The lowest BCUT2D eigenvalue weighted by atomic mass is 10.1. The van der Waals surface area contributed by atoms with E-state index in [-0.39, 0.29) is 0 Å². The van der Waals surface area contributed by atoms with Gasteiger partial charge in [-0.25, -0.2) is 18.0 Å². The highest BCUT2D eigenvalue weighted by molar-refractivity contribution is 6.03. The van der Waals surface area contributed by atoms with Gasteiger partial charge in [0.25, 0.3) is 0 Å². The lowest BCUT2D eigenvalue weighted by Crippen LogP contribution is -2.13. The summed E-state index contributed by atoms with van der Waals surface area (Å²) in [5.74, 6) is -9.32. The minimum atomic E-state index is -2.16. The van der Waals surface area contributed by atoms with E-state index >= 15 is 0 Å². The van der Waals surface area contributed by atoms with Gasteiger partial charge in [-0.1, -0.05) is 0 Å². The van der Waals surface area contributed by atoms with E-state index in [2.05, 4.69) is 4.42 Å². The summed E-state index contributed by atoms with van der Waals surface area (Å²) in [6.45, 7) is 1.08. The predicted molar refractivity (Wildman–Crippen MR) is 56.5 cm³/mol. The fraction of sp³-hybridized carbons (Fsp3) is 0.0909. The van der Waals surface area contributed by atoms with Crippen molar-refractivity contribution in [2.75, 3.05) is 0 Å². The topological polar surface area (TPSA) is 74.3 Å². The van der Waals surface area contributed by atoms with Crippen molar-refractivity contribution in [2.24, 2.45) is 0 Å². The summed E-state index contributed by atoms with van der Waals surface area (Å²) in [5, 5.41) is 15.7. The van der Waals surface area contributed by atoms with Crippen LogP contribution in [0.3, 0.4) is 0 Å². The summed E-state index contributed by atoms with van der Waals surface area (Å²) in [6.07, 6.45) is 0. The molecular weight excluding hydrogens is 270 g/mol. The standard InChI is InChI=1S/C11H5F4NO3/c1-2(16)3-9(17)4-5(12)6(13)7(14)8(15)10(4)19-11(3)18/h16-17H,1H3. The highest BCUT2D eigenvalue weighted by Gasteiger charge is 2.27. The Morgan fingerprint density at radius 3 is 2.16 bits per heavy atom. The van der Waals surface area contributed by atoms with Crippen molar-refractivity contribution in [3.63, 3.8) is 0 Å². The van der Waals surface area contributed by atoms with Gasteiger partial charge in [0.1, 0.15) is 16.7 Å². The molecule has 0 aliphatic carbocycles. The molecule has 0 unspecified atom stereocenters. The van der Waals surface area contributed by atoms with E-state index in [0.717, 1.165) is 6.92 Å². The number of benzene rings is 1. The van der Waals surface area contributed by atoms with E-state index in [0.29, 0.717) is 0 Å². The van der Waals surface area contributed by atoms with Crippen molar-refractivity contribution in [2.45, 2.75) is 6.92 Å². The van der Waals surface area contributed by atoms with E-state index in [1.165, 1.54) is 0 Å². The zero-order valence-corrected chi connectivity index (χ0v) is 9.28. The number of fused-ring (bicyclic) bond motifs is 1. The van der Waals surface area contributed by atoms with Crippen LogP contribution in [0.15, 0.2) is 9.21 Å². The molecule has 0 radical (unpaired) electrons. The quantitative estimate of drug-likeness (QED) is 0.276. The van der Waals surface area contributed by atoms with E-state index in [1.807, 2.05) is 0 Å². The second-order valence-corrected chi connectivity index (χ2v) is 3.70. The van der Waals surface area contributed by atoms with Crippen LogP contribution in [0.1, 0.15) is 12.5 Å². The molecule has 0 amide bonds. The Hall–Kier alpha value is -2.38. The molecule has 0 aliphatic rings. The van der Waals surface area contributed by atoms with Gasteiger partial charge in [0, 0.05) is 5.71 Å². The molecule has 0 bridgehead atoms. The average molecular weight is 275 g/mol. The Morgan fingerprint density at radius 2 is 1.63 bits per heavy atom. The monoisotopic (exact) mass is 275 g/mol. The number of hydrogen-bond acceptors (Lipinski definition) is 4. The molecule has 0 fully saturated rings. The molecule has 0 atom stereocenters. The Labute approximate surface area is 102 Å². The van der Waals surface area contributed by atoms with Crippen molar-refractivity contribution in [3.05, 3.63) is 39.3 Å². The van der Waals surface area contributed by atoms with Crippen molar-refractivity contribution in [1.29, 1.82) is 5.41 Å². The summed E-state index contributed by atoms with van der Waals surface area (Å²) in [4.78, 5) is 11.4. The molecule has 0 saturated carbocycles. The van der Waals surface area contributed by atoms with Crippen LogP contribution in [0.25, 0.3) is 11.0 Å². The lowest BCUT2D eigenvalue weighted by Gasteiger charge is -2.07. The third kappa shape index (κ3) is 1.67. The largest absolute Gasteiger partial charge is 0.506 e. The SMILES string of the molecule is CC(=N)c1c(O)c2c(F)c(F)c(F)c(F)c2oc1=O. The fourth-order valence-corrected chi connectivity index (χ4v) is 1.61. The van der Waals surface area contributed by atoms with E-state index in [1.54, 1.807) is 0 Å². The van der Waals surface area contributed by atoms with Gasteiger partial charge in [0.2, 0.25) is 11.6 Å². The second-order valence-electron chi connectivity index (χ2n) is 3.70. The van der Waals surface area contributed by atoms with Crippen molar-refractivity contribution in [3.8, 4) is 5.75 Å². The van der Waals surface area contributed by atoms with Gasteiger partial charge >= 0.3 is 5.63 Å². The third-order valence-corrected chi connectivity index (χ3v) is 2.47. The zero-order valence-electron chi connectivity index (χ0n) is 9.28. The first-order valence-electron chi connectivity index (χ1n) is 4.84. The Kier molecular flexibility index (Phi) is 2.80. The highest BCUT2D eigenvalue weighted by Crippen LogP contribution is 2.33. The number of nitrogens with one attached hydrogen (secondary N) is 1. The molecular formula is C11H5F4NO3. The van der Waals surface area contributed by atoms with Gasteiger partial charge in [0.15, 0.2) is 17.2 Å². The molecule has 2 rings (SSSR count). The molecule has 1 aromatic heterocycles. The normalized spacial score (nSPS) is 11.0. The van der Waals surface area contributed by atoms with Crippen LogP contribution in [-0.2, 0) is 0 Å². The summed E-state index contributed by atoms with van der Waals surface area (Å²) >= 11 is 0. The third-order valence-electron chi connectivity index (χ3n) is 2.47. The first-order chi connectivity index (χ1) is 8.77. The van der Waals surface area contributed by atoms with Crippen molar-refractivity contribution >= 4 is 16.7 Å². The molecule has 0 aliphatic heterocycles. The van der Waals surface area contributed by atoms with Crippen LogP contribution in [0.5, 0.6) is 5.75 Å². The summed E-state index contributed by atoms with van der Waals surface area (Å²) < 4.78 is 57.2. The summed E-state index contributed by atoms with van der Waals surface area (Å²) in [7, 11) is 0. The predicted octanol–water partition coefficient (Wildman–Crippen LogP) is 2.44. The number of hydrogen-bond donors (Lipinski definition) is 2. The van der Waals surface area contributed by atoms with Crippen LogP contribution >= 0.6 is 0 Å². The van der Waals surface area contributed by atoms with E-state index in [9.17, 15) is 27.5 Å². The Balaban J connectivity index is 3.16. The molecule has 0 spiro atoms. The van der Waals surface area contributed by atoms with Gasteiger partial charge in [-0.2, -0.15) is 4.39 Å². The van der Waals surface area contributed by atoms with Gasteiger partial charge in [0.05, 0.1) is 0 Å². The molecule has 1 heterocycles. The molecule has 0 saturated heterocycles. The van der Waals surface area contributed by atoms with Crippen LogP contribution in [0.4, 0.5) is 17.6 Å². The van der Waals surface area contributed by atoms with Gasteiger partial charge < -0.3 is 14.9 Å². The van der Waals surface area contributed by atoms with Crippen LogP contribution in [0.2, 0.25) is 0 Å². The molecule has 4 nitrogen and oxygen atoms in total. The van der Waals surface area contributed by atoms with E-state index in [4.69, 9.17) is 5.41 Å². The molecule has 2 N–H and O–H groups in total. The summed E-state index contributed by atoms with van der Waals surface area (Å²) in [6, 6.07) is 0. The zero-order chi connectivity index (χ0) is 14.5. The van der Waals surface area contributed by atoms with Gasteiger partial charge in [-0.05, 0) is 6.92 Å². The maximum atomic E-state index is 13.5. The Morgan fingerprint density at radius 1 is 1.11 bits per heavy atom. The number of aromatic hydroxyl groups is 1. The van der Waals surface area contributed by atoms with Crippen molar-refractivity contribution < 1.29 is 27.1 Å². The smallest absolute Gasteiger partial charge is 0.349 e. The Bertz CT molecular complexity index is 782. The minimum absolute atomic E-state index is 0.502. The fourth-order valence-electron chi connectivity index (χ4n) is 1.61. The second kappa shape index (κ2) is 4.08. The van der Waals surface area contributed by atoms with Crippen LogP contribution in [0, 0.1) is 28.7 Å². The molecule has 1 aromatic carbocycles. The molecule has 19 heavy (non-hydrogen) atoms. The molecule has 100 valence electrons. The molecule has 2 aromatic rings. The maximum absolute atomic E-state index is 13.5. The minimum Gasteiger partial charge on any atom is -0.506 e. The first kappa shape index (κ1) is 13.1. The van der Waals surface area contributed by atoms with Crippen LogP contribution < -0.4 is 5.63 Å². The number of rotatable bonds is 1. The summed E-state index contributed by atoms with van der Waals surface area (Å²) in [5.41, 5.74) is -3.86. The van der Waals surface area contributed by atoms with Gasteiger partial charge in [-0.3, -0.25) is 0 Å². The van der Waals surface area contributed by atoms with E-state index < -0.39 is 56.9 Å². The maximum Gasteiger partial charge on any atom is 0.349 e. The van der Waals surface area contributed by atoms with Crippen LogP contribution in [-0.4, -0.2) is 10.8 Å².